The monoisotopic (exact) mass is 213 g/mol. The fourth-order valence-corrected chi connectivity index (χ4v) is 1.98. The predicted octanol–water partition coefficient (Wildman–Crippen LogP) is 0.0539. The number of nitrogens with one attached hydrogen (secondary N) is 2. The SMILES string of the molecule is CNCCCN(C)C(=O)C1CCNCC1. The first kappa shape index (κ1) is 12.5. The lowest BCUT2D eigenvalue weighted by Gasteiger charge is -2.26. The highest BCUT2D eigenvalue weighted by Crippen LogP contribution is 2.14. The summed E-state index contributed by atoms with van der Waals surface area (Å²) >= 11 is 0. The van der Waals surface area contributed by atoms with Gasteiger partial charge in [-0.25, -0.2) is 0 Å². The van der Waals surface area contributed by atoms with E-state index in [-0.39, 0.29) is 5.92 Å². The minimum absolute atomic E-state index is 0.255. The van der Waals surface area contributed by atoms with Gasteiger partial charge in [0.15, 0.2) is 0 Å². The van der Waals surface area contributed by atoms with Crippen molar-refractivity contribution in [2.45, 2.75) is 19.3 Å². The second-order valence-corrected chi connectivity index (χ2v) is 4.24. The molecule has 0 unspecified atom stereocenters. The number of rotatable bonds is 5. The number of piperidine rings is 1. The van der Waals surface area contributed by atoms with E-state index < -0.39 is 0 Å². The van der Waals surface area contributed by atoms with E-state index in [1.807, 2.05) is 19.0 Å². The number of carbonyl (C=O) groups is 1. The Morgan fingerprint density at radius 2 is 2.13 bits per heavy atom. The van der Waals surface area contributed by atoms with Crippen molar-refractivity contribution in [2.75, 3.05) is 40.3 Å². The number of hydrogen-bond acceptors (Lipinski definition) is 3. The molecule has 0 radical (unpaired) electrons. The largest absolute Gasteiger partial charge is 0.345 e. The van der Waals surface area contributed by atoms with Gasteiger partial charge in [-0.05, 0) is 45.9 Å². The Kier molecular flexibility index (Phi) is 5.65. The molecule has 0 aromatic heterocycles. The number of nitrogens with zero attached hydrogens (tertiary/aromatic N) is 1. The van der Waals surface area contributed by atoms with Crippen molar-refractivity contribution in [1.82, 2.24) is 15.5 Å². The van der Waals surface area contributed by atoms with Crippen LogP contribution in [0.3, 0.4) is 0 Å². The maximum atomic E-state index is 12.0. The number of hydrogen-bond donors (Lipinski definition) is 2. The van der Waals surface area contributed by atoms with Crippen molar-refractivity contribution in [3.8, 4) is 0 Å². The lowest BCUT2D eigenvalue weighted by Crippen LogP contribution is -2.39. The second kappa shape index (κ2) is 6.80. The summed E-state index contributed by atoms with van der Waals surface area (Å²) in [5.41, 5.74) is 0. The van der Waals surface area contributed by atoms with Crippen LogP contribution in [-0.4, -0.2) is 51.1 Å². The molecule has 0 atom stereocenters. The van der Waals surface area contributed by atoms with E-state index in [0.717, 1.165) is 45.4 Å². The Hall–Kier alpha value is -0.610. The molecule has 1 aliphatic heterocycles. The lowest BCUT2D eigenvalue weighted by molar-refractivity contribution is -0.135. The highest BCUT2D eigenvalue weighted by Gasteiger charge is 2.23. The van der Waals surface area contributed by atoms with Crippen molar-refractivity contribution >= 4 is 5.91 Å². The van der Waals surface area contributed by atoms with Crippen molar-refractivity contribution in [2.24, 2.45) is 5.92 Å². The minimum atomic E-state index is 0.255. The first-order valence-electron chi connectivity index (χ1n) is 5.86. The van der Waals surface area contributed by atoms with E-state index in [2.05, 4.69) is 10.6 Å². The fourth-order valence-electron chi connectivity index (χ4n) is 1.98. The maximum Gasteiger partial charge on any atom is 0.225 e. The zero-order valence-corrected chi connectivity index (χ0v) is 9.88. The van der Waals surface area contributed by atoms with Crippen LogP contribution >= 0.6 is 0 Å². The van der Waals surface area contributed by atoms with Crippen molar-refractivity contribution in [1.29, 1.82) is 0 Å². The molecule has 1 amide bonds. The molecular weight excluding hydrogens is 190 g/mol. The summed E-state index contributed by atoms with van der Waals surface area (Å²) in [4.78, 5) is 13.9. The van der Waals surface area contributed by atoms with Crippen LogP contribution in [0.5, 0.6) is 0 Å². The first-order chi connectivity index (χ1) is 7.25. The van der Waals surface area contributed by atoms with Crippen LogP contribution in [0.1, 0.15) is 19.3 Å². The van der Waals surface area contributed by atoms with Crippen molar-refractivity contribution in [3.05, 3.63) is 0 Å². The normalized spacial score (nSPS) is 17.7. The van der Waals surface area contributed by atoms with Crippen LogP contribution in [0.2, 0.25) is 0 Å². The van der Waals surface area contributed by atoms with Gasteiger partial charge in [-0.15, -0.1) is 0 Å². The summed E-state index contributed by atoms with van der Waals surface area (Å²) in [7, 11) is 3.86. The van der Waals surface area contributed by atoms with E-state index in [4.69, 9.17) is 0 Å². The average molecular weight is 213 g/mol. The van der Waals surface area contributed by atoms with Gasteiger partial charge in [0, 0.05) is 19.5 Å². The maximum absolute atomic E-state index is 12.0. The van der Waals surface area contributed by atoms with Crippen LogP contribution in [0.15, 0.2) is 0 Å². The third-order valence-electron chi connectivity index (χ3n) is 2.98. The topological polar surface area (TPSA) is 44.4 Å². The van der Waals surface area contributed by atoms with E-state index >= 15 is 0 Å². The van der Waals surface area contributed by atoms with Gasteiger partial charge in [0.05, 0.1) is 0 Å². The summed E-state index contributed by atoms with van der Waals surface area (Å²) in [5, 5.41) is 6.37. The predicted molar refractivity (Wildman–Crippen MR) is 61.8 cm³/mol. The van der Waals surface area contributed by atoms with Gasteiger partial charge in [0.1, 0.15) is 0 Å². The summed E-state index contributed by atoms with van der Waals surface area (Å²) in [6.07, 6.45) is 3.02. The molecule has 0 spiro atoms. The Labute approximate surface area is 92.4 Å². The standard InChI is InChI=1S/C11H23N3O/c1-12-6-3-9-14(2)11(15)10-4-7-13-8-5-10/h10,12-13H,3-9H2,1-2H3. The summed E-state index contributed by atoms with van der Waals surface area (Å²) < 4.78 is 0. The Bertz CT molecular complexity index is 190. The molecule has 1 aliphatic rings. The fraction of sp³-hybridized carbons (Fsp3) is 0.909. The minimum Gasteiger partial charge on any atom is -0.345 e. The molecule has 0 bridgehead atoms. The molecule has 0 saturated carbocycles. The average Bonchev–Trinajstić information content (AvgIpc) is 2.29. The van der Waals surface area contributed by atoms with Gasteiger partial charge in [0.25, 0.3) is 0 Å². The lowest BCUT2D eigenvalue weighted by atomic mass is 9.97. The van der Waals surface area contributed by atoms with E-state index in [1.54, 1.807) is 0 Å². The third kappa shape index (κ3) is 4.18. The molecule has 1 saturated heterocycles. The zero-order valence-electron chi connectivity index (χ0n) is 9.88. The summed E-state index contributed by atoms with van der Waals surface area (Å²) in [5.74, 6) is 0.582. The molecule has 1 fully saturated rings. The molecule has 15 heavy (non-hydrogen) atoms. The molecule has 0 aromatic carbocycles. The highest BCUT2D eigenvalue weighted by atomic mass is 16.2. The highest BCUT2D eigenvalue weighted by molar-refractivity contribution is 5.78. The molecule has 4 heteroatoms. The summed E-state index contributed by atoms with van der Waals surface area (Å²) in [6.45, 7) is 3.81. The molecule has 2 N–H and O–H groups in total. The Balaban J connectivity index is 2.24. The van der Waals surface area contributed by atoms with Crippen LogP contribution in [-0.2, 0) is 4.79 Å². The third-order valence-corrected chi connectivity index (χ3v) is 2.98. The quantitative estimate of drug-likeness (QED) is 0.635. The van der Waals surface area contributed by atoms with Crippen LogP contribution in [0.25, 0.3) is 0 Å². The first-order valence-corrected chi connectivity index (χ1v) is 5.86. The number of amides is 1. The molecule has 1 heterocycles. The van der Waals surface area contributed by atoms with Gasteiger partial charge in [0.2, 0.25) is 5.91 Å². The number of carbonyl (C=O) groups excluding carboxylic acids is 1. The summed E-state index contributed by atoms with van der Waals surface area (Å²) in [6, 6.07) is 0. The van der Waals surface area contributed by atoms with Gasteiger partial charge in [-0.2, -0.15) is 0 Å². The van der Waals surface area contributed by atoms with Gasteiger partial charge < -0.3 is 15.5 Å². The van der Waals surface area contributed by atoms with Gasteiger partial charge in [-0.3, -0.25) is 4.79 Å². The molecule has 0 aliphatic carbocycles. The second-order valence-electron chi connectivity index (χ2n) is 4.24. The molecule has 1 rings (SSSR count). The van der Waals surface area contributed by atoms with E-state index in [1.165, 1.54) is 0 Å². The van der Waals surface area contributed by atoms with Crippen LogP contribution in [0, 0.1) is 5.92 Å². The molecular formula is C11H23N3O. The van der Waals surface area contributed by atoms with Crippen molar-refractivity contribution < 1.29 is 4.79 Å². The molecule has 4 nitrogen and oxygen atoms in total. The van der Waals surface area contributed by atoms with Gasteiger partial charge in [-0.1, -0.05) is 0 Å². The van der Waals surface area contributed by atoms with Crippen molar-refractivity contribution in [3.63, 3.8) is 0 Å². The van der Waals surface area contributed by atoms with E-state index in [0.29, 0.717) is 5.91 Å². The van der Waals surface area contributed by atoms with E-state index in [9.17, 15) is 4.79 Å². The molecule has 0 aromatic rings. The smallest absolute Gasteiger partial charge is 0.225 e. The molecule has 88 valence electrons. The Morgan fingerprint density at radius 1 is 1.47 bits per heavy atom. The zero-order chi connectivity index (χ0) is 11.1. The van der Waals surface area contributed by atoms with Crippen LogP contribution < -0.4 is 10.6 Å². The Morgan fingerprint density at radius 3 is 2.73 bits per heavy atom. The van der Waals surface area contributed by atoms with Gasteiger partial charge >= 0.3 is 0 Å². The van der Waals surface area contributed by atoms with Crippen LogP contribution in [0.4, 0.5) is 0 Å².